The molecule has 3 nitrogen and oxygen atoms in total. The van der Waals surface area contributed by atoms with Crippen LogP contribution >= 0.6 is 35.6 Å². The number of halogens is 2. The van der Waals surface area contributed by atoms with Gasteiger partial charge in [0, 0.05) is 17.0 Å². The lowest BCUT2D eigenvalue weighted by Crippen LogP contribution is -2.38. The number of nitrogens with zero attached hydrogens (tertiary/aromatic N) is 1. The molecule has 1 aromatic rings. The lowest BCUT2D eigenvalue weighted by molar-refractivity contribution is 0.538. The lowest BCUT2D eigenvalue weighted by atomic mass is 9.85. The minimum absolute atomic E-state index is 0. The number of guanidine groups is 1. The van der Waals surface area contributed by atoms with E-state index in [9.17, 15) is 0 Å². The number of hydrogen-bond acceptors (Lipinski definition) is 1. The summed E-state index contributed by atoms with van der Waals surface area (Å²) in [6.07, 6.45) is 5.25. The van der Waals surface area contributed by atoms with Gasteiger partial charge in [-0.25, -0.2) is 0 Å². The molecule has 0 fully saturated rings. The van der Waals surface area contributed by atoms with Gasteiger partial charge >= 0.3 is 0 Å². The van der Waals surface area contributed by atoms with Crippen molar-refractivity contribution in [1.29, 1.82) is 0 Å². The normalized spacial score (nSPS) is 11.3. The molecule has 0 radical (unpaired) electrons. The summed E-state index contributed by atoms with van der Waals surface area (Å²) in [7, 11) is 0. The van der Waals surface area contributed by atoms with Crippen molar-refractivity contribution in [2.24, 2.45) is 4.99 Å². The number of aliphatic imine (C=N–C) groups is 1. The Morgan fingerprint density at radius 1 is 1.38 bits per heavy atom. The zero-order chi connectivity index (χ0) is 15.0. The predicted molar refractivity (Wildman–Crippen MR) is 103 cm³/mol. The molecule has 1 aromatic carbocycles. The van der Waals surface area contributed by atoms with Gasteiger partial charge in [-0.05, 0) is 24.6 Å². The Morgan fingerprint density at radius 2 is 2.10 bits per heavy atom. The molecule has 0 aliphatic heterocycles. The van der Waals surface area contributed by atoms with Gasteiger partial charge in [-0.15, -0.1) is 30.4 Å². The topological polar surface area (TPSA) is 36.4 Å². The van der Waals surface area contributed by atoms with Crippen LogP contribution in [0.15, 0.2) is 29.3 Å². The largest absolute Gasteiger partial charge is 0.357 e. The Morgan fingerprint density at radius 3 is 2.67 bits per heavy atom. The highest BCUT2D eigenvalue weighted by Crippen LogP contribution is 2.25. The number of terminal acetylenes is 1. The highest BCUT2D eigenvalue weighted by atomic mass is 127. The van der Waals surface area contributed by atoms with E-state index < -0.39 is 0 Å². The van der Waals surface area contributed by atoms with Crippen LogP contribution in [-0.2, 0) is 5.41 Å². The monoisotopic (exact) mass is 419 g/mol. The van der Waals surface area contributed by atoms with E-state index in [0.717, 1.165) is 17.5 Å². The van der Waals surface area contributed by atoms with Gasteiger partial charge in [0.1, 0.15) is 0 Å². The average Bonchev–Trinajstić information content (AvgIpc) is 2.42. The number of rotatable bonds is 5. The molecular weight excluding hydrogens is 397 g/mol. The van der Waals surface area contributed by atoms with Gasteiger partial charge < -0.3 is 10.6 Å². The summed E-state index contributed by atoms with van der Waals surface area (Å²) in [5.74, 6) is 3.28. The fraction of sp³-hybridized carbons (Fsp3) is 0.438. The second kappa shape index (κ2) is 9.91. The molecule has 0 aliphatic carbocycles. The van der Waals surface area contributed by atoms with Crippen LogP contribution < -0.4 is 10.6 Å². The van der Waals surface area contributed by atoms with Crippen LogP contribution in [0.5, 0.6) is 0 Å². The van der Waals surface area contributed by atoms with Crippen LogP contribution in [0.4, 0.5) is 0 Å². The van der Waals surface area contributed by atoms with Crippen LogP contribution in [-0.4, -0.2) is 25.6 Å². The van der Waals surface area contributed by atoms with Gasteiger partial charge in [-0.3, -0.25) is 4.99 Å². The zero-order valence-corrected chi connectivity index (χ0v) is 15.8. The molecule has 0 spiro atoms. The Hall–Kier alpha value is -0.930. The third kappa shape index (κ3) is 7.05. The third-order valence-corrected chi connectivity index (χ3v) is 3.18. The van der Waals surface area contributed by atoms with Crippen LogP contribution in [0.1, 0.15) is 26.3 Å². The lowest BCUT2D eigenvalue weighted by Gasteiger charge is -2.24. The summed E-state index contributed by atoms with van der Waals surface area (Å²) in [5, 5.41) is 7.00. The van der Waals surface area contributed by atoms with Crippen molar-refractivity contribution in [1.82, 2.24) is 10.6 Å². The summed E-state index contributed by atoms with van der Waals surface area (Å²) in [5.41, 5.74) is 1.07. The molecule has 21 heavy (non-hydrogen) atoms. The zero-order valence-electron chi connectivity index (χ0n) is 12.7. The molecule has 0 heterocycles. The standard InChI is InChI=1S/C16H22ClN3.HI/c1-5-10-19-15(18-6-2)20-12-16(3,4)13-8-7-9-14(17)11-13;/h1,7-9,11H,6,10,12H2,2-4H3,(H2,18,19,20);1H. The second-order valence-electron chi connectivity index (χ2n) is 5.15. The second-order valence-corrected chi connectivity index (χ2v) is 5.58. The molecule has 0 atom stereocenters. The van der Waals surface area contributed by atoms with Crippen molar-refractivity contribution in [3.8, 4) is 12.3 Å². The van der Waals surface area contributed by atoms with E-state index in [-0.39, 0.29) is 29.4 Å². The van der Waals surface area contributed by atoms with Crippen molar-refractivity contribution < 1.29 is 0 Å². The molecule has 0 unspecified atom stereocenters. The first-order chi connectivity index (χ1) is 9.49. The SMILES string of the molecule is C#CCNC(=NCC(C)(C)c1cccc(Cl)c1)NCC.I. The third-order valence-electron chi connectivity index (χ3n) is 2.94. The first kappa shape index (κ1) is 20.1. The van der Waals surface area contributed by atoms with Gasteiger partial charge in [-0.2, -0.15) is 0 Å². The Kier molecular flexibility index (Phi) is 9.47. The summed E-state index contributed by atoms with van der Waals surface area (Å²) in [6, 6.07) is 7.90. The Balaban J connectivity index is 0.00000400. The van der Waals surface area contributed by atoms with E-state index >= 15 is 0 Å². The molecule has 0 amide bonds. The highest BCUT2D eigenvalue weighted by Gasteiger charge is 2.20. The Bertz CT molecular complexity index is 506. The van der Waals surface area contributed by atoms with Crippen molar-refractivity contribution in [3.63, 3.8) is 0 Å². The summed E-state index contributed by atoms with van der Waals surface area (Å²) in [6.45, 7) is 8.22. The molecule has 0 saturated heterocycles. The van der Waals surface area contributed by atoms with E-state index in [1.54, 1.807) is 0 Å². The smallest absolute Gasteiger partial charge is 0.192 e. The average molecular weight is 420 g/mol. The summed E-state index contributed by atoms with van der Waals surface area (Å²) < 4.78 is 0. The maximum atomic E-state index is 6.05. The predicted octanol–water partition coefficient (Wildman–Crippen LogP) is 3.42. The van der Waals surface area contributed by atoms with Gasteiger partial charge in [0.2, 0.25) is 0 Å². The van der Waals surface area contributed by atoms with E-state index in [0.29, 0.717) is 13.1 Å². The van der Waals surface area contributed by atoms with Crippen molar-refractivity contribution >= 4 is 41.5 Å². The first-order valence-electron chi connectivity index (χ1n) is 6.71. The molecule has 0 saturated carbocycles. The van der Waals surface area contributed by atoms with E-state index in [1.165, 1.54) is 5.56 Å². The number of nitrogens with one attached hydrogen (secondary N) is 2. The molecule has 116 valence electrons. The van der Waals surface area contributed by atoms with Crippen LogP contribution in [0.25, 0.3) is 0 Å². The van der Waals surface area contributed by atoms with E-state index in [1.807, 2.05) is 25.1 Å². The minimum Gasteiger partial charge on any atom is -0.357 e. The van der Waals surface area contributed by atoms with Crippen LogP contribution in [0.3, 0.4) is 0 Å². The van der Waals surface area contributed by atoms with Crippen molar-refractivity contribution in [2.75, 3.05) is 19.6 Å². The molecule has 0 bridgehead atoms. The summed E-state index contributed by atoms with van der Waals surface area (Å²) in [4.78, 5) is 4.58. The van der Waals surface area contributed by atoms with Crippen molar-refractivity contribution in [2.45, 2.75) is 26.2 Å². The molecule has 5 heteroatoms. The highest BCUT2D eigenvalue weighted by molar-refractivity contribution is 14.0. The fourth-order valence-corrected chi connectivity index (χ4v) is 1.94. The molecular formula is C16H23ClIN3. The molecule has 1 rings (SSSR count). The van der Waals surface area contributed by atoms with Gasteiger partial charge in [0.05, 0.1) is 13.1 Å². The number of hydrogen-bond donors (Lipinski definition) is 2. The maximum Gasteiger partial charge on any atom is 0.192 e. The molecule has 0 aliphatic rings. The molecule has 2 N–H and O–H groups in total. The Labute approximate surface area is 150 Å². The summed E-state index contributed by atoms with van der Waals surface area (Å²) >= 11 is 6.05. The quantitative estimate of drug-likeness (QED) is 0.332. The van der Waals surface area contributed by atoms with Crippen LogP contribution in [0.2, 0.25) is 5.02 Å². The molecule has 0 aromatic heterocycles. The van der Waals surface area contributed by atoms with Crippen molar-refractivity contribution in [3.05, 3.63) is 34.9 Å². The van der Waals surface area contributed by atoms with Gasteiger partial charge in [-0.1, -0.05) is 43.5 Å². The van der Waals surface area contributed by atoms with E-state index in [4.69, 9.17) is 18.0 Å². The number of benzene rings is 1. The van der Waals surface area contributed by atoms with E-state index in [2.05, 4.69) is 41.5 Å². The van der Waals surface area contributed by atoms with Crippen LogP contribution in [0, 0.1) is 12.3 Å². The first-order valence-corrected chi connectivity index (χ1v) is 7.09. The fourth-order valence-electron chi connectivity index (χ4n) is 1.75. The van der Waals surface area contributed by atoms with Gasteiger partial charge in [0.25, 0.3) is 0 Å². The minimum atomic E-state index is -0.0939. The van der Waals surface area contributed by atoms with Gasteiger partial charge in [0.15, 0.2) is 5.96 Å². The maximum absolute atomic E-state index is 6.05.